The molecular weight excluding hydrogens is 416 g/mol. The summed E-state index contributed by atoms with van der Waals surface area (Å²) in [5.41, 5.74) is 3.36. The maximum absolute atomic E-state index is 13.0. The van der Waals surface area contributed by atoms with E-state index >= 15 is 0 Å². The number of carbonyl (C=O) groups is 1. The first-order chi connectivity index (χ1) is 16.2. The van der Waals surface area contributed by atoms with Crippen molar-refractivity contribution in [1.82, 2.24) is 24.7 Å². The molecule has 0 saturated carbocycles. The van der Waals surface area contributed by atoms with Crippen molar-refractivity contribution in [2.45, 2.75) is 32.4 Å². The predicted molar refractivity (Wildman–Crippen MR) is 125 cm³/mol. The van der Waals surface area contributed by atoms with Crippen LogP contribution in [0.3, 0.4) is 0 Å². The number of pyridine rings is 1. The van der Waals surface area contributed by atoms with Crippen molar-refractivity contribution in [2.24, 2.45) is 0 Å². The van der Waals surface area contributed by atoms with E-state index in [0.29, 0.717) is 17.9 Å². The first-order valence-electron chi connectivity index (χ1n) is 11.2. The van der Waals surface area contributed by atoms with Gasteiger partial charge in [0.1, 0.15) is 18.0 Å². The van der Waals surface area contributed by atoms with Gasteiger partial charge in [-0.2, -0.15) is 0 Å². The number of aromatic nitrogens is 4. The Hall–Kier alpha value is -3.94. The summed E-state index contributed by atoms with van der Waals surface area (Å²) in [6.45, 7) is 3.94. The van der Waals surface area contributed by atoms with Crippen molar-refractivity contribution < 1.29 is 9.53 Å². The van der Waals surface area contributed by atoms with Gasteiger partial charge in [0.15, 0.2) is 0 Å². The van der Waals surface area contributed by atoms with Crippen molar-refractivity contribution >= 4 is 17.5 Å². The average Bonchev–Trinajstić information content (AvgIpc) is 3.28. The molecule has 1 aliphatic rings. The minimum atomic E-state index is -0.120. The van der Waals surface area contributed by atoms with Crippen LogP contribution in [0.1, 0.15) is 34.5 Å². The van der Waals surface area contributed by atoms with Gasteiger partial charge in [0.2, 0.25) is 5.95 Å². The Labute approximate surface area is 192 Å². The molecule has 1 fully saturated rings. The van der Waals surface area contributed by atoms with Crippen LogP contribution in [-0.2, 0) is 6.61 Å². The lowest BCUT2D eigenvalue weighted by molar-refractivity contribution is 0.0926. The number of fused-ring (bicyclic) bond motifs is 1. The van der Waals surface area contributed by atoms with Gasteiger partial charge in [-0.3, -0.25) is 4.79 Å². The minimum absolute atomic E-state index is 0.104. The Bertz CT molecular complexity index is 1250. The van der Waals surface area contributed by atoms with Crippen LogP contribution in [0.25, 0.3) is 5.65 Å². The number of nitrogens with zero attached hydrogens (tertiary/aromatic N) is 5. The zero-order valence-electron chi connectivity index (χ0n) is 18.5. The van der Waals surface area contributed by atoms with E-state index in [1.165, 1.54) is 0 Å². The van der Waals surface area contributed by atoms with Gasteiger partial charge < -0.3 is 19.4 Å². The number of piperidine rings is 1. The van der Waals surface area contributed by atoms with Gasteiger partial charge >= 0.3 is 0 Å². The number of hydrogen-bond acceptors (Lipinski definition) is 6. The standard InChI is InChI=1S/C25H26N6O2/c1-18-6-4-13-31-16-20(28-23(18)31)17-33-22-8-3-2-7-21(22)24(32)29-19-9-14-30(15-10-19)25-26-11-5-12-27-25/h2-8,11-13,16,19H,9-10,14-15,17H2,1H3,(H,29,32). The molecule has 8 nitrogen and oxygen atoms in total. The molecule has 3 aromatic heterocycles. The first kappa shape index (κ1) is 20.9. The van der Waals surface area contributed by atoms with Gasteiger partial charge in [-0.1, -0.05) is 18.2 Å². The SMILES string of the molecule is Cc1cccn2cc(COc3ccccc3C(=O)NC3CCN(c4ncccn4)CC3)nc12. The maximum Gasteiger partial charge on any atom is 0.255 e. The van der Waals surface area contributed by atoms with E-state index in [4.69, 9.17) is 4.74 Å². The molecule has 4 heterocycles. The molecule has 8 heteroatoms. The van der Waals surface area contributed by atoms with Gasteiger partial charge in [-0.25, -0.2) is 15.0 Å². The minimum Gasteiger partial charge on any atom is -0.486 e. The number of hydrogen-bond donors (Lipinski definition) is 1. The Morgan fingerprint density at radius 3 is 2.67 bits per heavy atom. The highest BCUT2D eigenvalue weighted by Crippen LogP contribution is 2.21. The largest absolute Gasteiger partial charge is 0.486 e. The highest BCUT2D eigenvalue weighted by molar-refractivity contribution is 5.97. The Balaban J connectivity index is 1.21. The third-order valence-corrected chi connectivity index (χ3v) is 5.90. The van der Waals surface area contributed by atoms with E-state index in [1.54, 1.807) is 18.5 Å². The van der Waals surface area contributed by atoms with Crippen LogP contribution in [0.15, 0.2) is 67.3 Å². The number of rotatable bonds is 6. The maximum atomic E-state index is 13.0. The van der Waals surface area contributed by atoms with Crippen molar-refractivity contribution in [3.63, 3.8) is 0 Å². The van der Waals surface area contributed by atoms with E-state index in [0.717, 1.165) is 48.8 Å². The third-order valence-electron chi connectivity index (χ3n) is 5.90. The summed E-state index contributed by atoms with van der Waals surface area (Å²) < 4.78 is 8.00. The van der Waals surface area contributed by atoms with Gasteiger partial charge in [-0.05, 0) is 49.6 Å². The van der Waals surface area contributed by atoms with E-state index in [-0.39, 0.29) is 11.9 Å². The van der Waals surface area contributed by atoms with Crippen LogP contribution in [-0.4, -0.2) is 44.4 Å². The molecule has 4 aromatic rings. The lowest BCUT2D eigenvalue weighted by Crippen LogP contribution is -2.45. The smallest absolute Gasteiger partial charge is 0.255 e. The molecule has 0 atom stereocenters. The molecule has 1 aromatic carbocycles. The highest BCUT2D eigenvalue weighted by atomic mass is 16.5. The molecule has 1 N–H and O–H groups in total. The molecule has 1 aliphatic heterocycles. The second-order valence-corrected chi connectivity index (χ2v) is 8.22. The molecule has 0 aliphatic carbocycles. The molecular formula is C25H26N6O2. The molecule has 0 radical (unpaired) electrons. The van der Waals surface area contributed by atoms with Gasteiger partial charge in [0, 0.05) is 43.9 Å². The Kier molecular flexibility index (Phi) is 5.89. The number of anilines is 1. The number of ether oxygens (including phenoxy) is 1. The molecule has 1 saturated heterocycles. The quantitative estimate of drug-likeness (QED) is 0.493. The molecule has 5 rings (SSSR count). The fourth-order valence-electron chi connectivity index (χ4n) is 4.15. The van der Waals surface area contributed by atoms with E-state index in [2.05, 4.69) is 25.2 Å². The highest BCUT2D eigenvalue weighted by Gasteiger charge is 2.23. The lowest BCUT2D eigenvalue weighted by atomic mass is 10.0. The van der Waals surface area contributed by atoms with Crippen LogP contribution < -0.4 is 15.0 Å². The van der Waals surface area contributed by atoms with Crippen LogP contribution in [0.5, 0.6) is 5.75 Å². The van der Waals surface area contributed by atoms with Crippen molar-refractivity contribution in [3.05, 3.63) is 84.1 Å². The van der Waals surface area contributed by atoms with E-state index in [1.807, 2.05) is 60.1 Å². The van der Waals surface area contributed by atoms with Gasteiger partial charge in [0.05, 0.1) is 11.3 Å². The average molecular weight is 443 g/mol. The summed E-state index contributed by atoms with van der Waals surface area (Å²) in [7, 11) is 0. The van der Waals surface area contributed by atoms with Crippen LogP contribution in [0.4, 0.5) is 5.95 Å². The number of aryl methyl sites for hydroxylation is 1. The monoisotopic (exact) mass is 442 g/mol. The number of para-hydroxylation sites is 1. The first-order valence-corrected chi connectivity index (χ1v) is 11.2. The summed E-state index contributed by atoms with van der Waals surface area (Å²) >= 11 is 0. The topological polar surface area (TPSA) is 84.7 Å². The number of carbonyl (C=O) groups excluding carboxylic acids is 1. The number of nitrogens with one attached hydrogen (secondary N) is 1. The van der Waals surface area contributed by atoms with Gasteiger partial charge in [-0.15, -0.1) is 0 Å². The molecule has 0 unspecified atom stereocenters. The van der Waals surface area contributed by atoms with Gasteiger partial charge in [0.25, 0.3) is 5.91 Å². The molecule has 33 heavy (non-hydrogen) atoms. The zero-order chi connectivity index (χ0) is 22.6. The molecule has 168 valence electrons. The number of benzene rings is 1. The normalized spacial score (nSPS) is 14.4. The predicted octanol–water partition coefficient (Wildman–Crippen LogP) is 3.41. The van der Waals surface area contributed by atoms with Crippen molar-refractivity contribution in [2.75, 3.05) is 18.0 Å². The fraction of sp³-hybridized carbons (Fsp3) is 0.280. The Morgan fingerprint density at radius 2 is 1.88 bits per heavy atom. The number of amides is 1. The van der Waals surface area contributed by atoms with Crippen LogP contribution in [0, 0.1) is 6.92 Å². The third kappa shape index (κ3) is 4.64. The number of imidazole rings is 1. The van der Waals surface area contributed by atoms with Crippen molar-refractivity contribution in [1.29, 1.82) is 0 Å². The summed E-state index contributed by atoms with van der Waals surface area (Å²) in [5, 5.41) is 3.17. The van der Waals surface area contributed by atoms with E-state index in [9.17, 15) is 4.79 Å². The second-order valence-electron chi connectivity index (χ2n) is 8.22. The van der Waals surface area contributed by atoms with Crippen molar-refractivity contribution in [3.8, 4) is 5.75 Å². The zero-order valence-corrected chi connectivity index (χ0v) is 18.5. The summed E-state index contributed by atoms with van der Waals surface area (Å²) in [6, 6.07) is 13.3. The van der Waals surface area contributed by atoms with Crippen LogP contribution >= 0.6 is 0 Å². The van der Waals surface area contributed by atoms with Crippen LogP contribution in [0.2, 0.25) is 0 Å². The summed E-state index contributed by atoms with van der Waals surface area (Å²) in [5.74, 6) is 1.17. The lowest BCUT2D eigenvalue weighted by Gasteiger charge is -2.32. The molecule has 1 amide bonds. The van der Waals surface area contributed by atoms with E-state index < -0.39 is 0 Å². The summed E-state index contributed by atoms with van der Waals surface area (Å²) in [4.78, 5) is 28.5. The molecule has 0 spiro atoms. The molecule has 0 bridgehead atoms. The fourth-order valence-corrected chi connectivity index (χ4v) is 4.15. The Morgan fingerprint density at radius 1 is 1.09 bits per heavy atom. The summed E-state index contributed by atoms with van der Waals surface area (Å²) in [6.07, 6.45) is 9.10. The second kappa shape index (κ2) is 9.28.